The van der Waals surface area contributed by atoms with Gasteiger partial charge in [0, 0.05) is 17.1 Å². The van der Waals surface area contributed by atoms with Gasteiger partial charge in [-0.2, -0.15) is 0 Å². The molecule has 3 nitrogen and oxygen atoms in total. The molecule has 1 unspecified atom stereocenters. The van der Waals surface area contributed by atoms with Crippen LogP contribution in [0.25, 0.3) is 10.9 Å². The van der Waals surface area contributed by atoms with Gasteiger partial charge >= 0.3 is 0 Å². The highest BCUT2D eigenvalue weighted by atomic mass is 16.1. The number of aromatic nitrogens is 1. The van der Waals surface area contributed by atoms with Crippen LogP contribution in [-0.4, -0.2) is 4.98 Å². The van der Waals surface area contributed by atoms with Gasteiger partial charge in [0.2, 0.25) is 0 Å². The van der Waals surface area contributed by atoms with Crippen LogP contribution in [0.3, 0.4) is 0 Å². The Morgan fingerprint density at radius 2 is 1.89 bits per heavy atom. The fourth-order valence-electron chi connectivity index (χ4n) is 2.03. The highest BCUT2D eigenvalue weighted by Crippen LogP contribution is 2.25. The minimum Gasteiger partial charge on any atom is -0.324 e. The molecule has 2 aromatic rings. The van der Waals surface area contributed by atoms with Crippen molar-refractivity contribution in [1.29, 1.82) is 0 Å². The van der Waals surface area contributed by atoms with E-state index in [1.165, 1.54) is 5.56 Å². The Kier molecular flexibility index (Phi) is 3.03. The van der Waals surface area contributed by atoms with E-state index in [0.29, 0.717) is 5.56 Å². The Balaban J connectivity index is 2.69. The third-order valence-electron chi connectivity index (χ3n) is 3.23. The monoisotopic (exact) mass is 244 g/mol. The molecule has 1 atom stereocenters. The lowest BCUT2D eigenvalue weighted by atomic mass is 9.86. The molecule has 0 bridgehead atoms. The van der Waals surface area contributed by atoms with E-state index in [2.05, 4.69) is 37.9 Å². The zero-order valence-corrected chi connectivity index (χ0v) is 11.4. The van der Waals surface area contributed by atoms with Crippen LogP contribution < -0.4 is 11.3 Å². The van der Waals surface area contributed by atoms with Gasteiger partial charge < -0.3 is 10.7 Å². The second kappa shape index (κ2) is 4.25. The maximum atomic E-state index is 11.8. The van der Waals surface area contributed by atoms with Gasteiger partial charge in [-0.1, -0.05) is 26.8 Å². The molecular formula is C15H20N2O. The van der Waals surface area contributed by atoms with Crippen molar-refractivity contribution < 1.29 is 0 Å². The number of pyridine rings is 1. The molecule has 18 heavy (non-hydrogen) atoms. The number of H-pyrrole nitrogens is 1. The van der Waals surface area contributed by atoms with Gasteiger partial charge in [0.15, 0.2) is 0 Å². The van der Waals surface area contributed by atoms with E-state index in [4.69, 9.17) is 5.73 Å². The lowest BCUT2D eigenvalue weighted by Gasteiger charge is -2.19. The van der Waals surface area contributed by atoms with Crippen molar-refractivity contribution in [2.45, 2.75) is 39.2 Å². The fraction of sp³-hybridized carbons (Fsp3) is 0.400. The molecule has 96 valence electrons. The summed E-state index contributed by atoms with van der Waals surface area (Å²) in [5.74, 6) is 0. The SMILES string of the molecule is CC(N)c1cc2cc(C(C)(C)C)ccc2[nH]c1=O. The summed E-state index contributed by atoms with van der Waals surface area (Å²) in [6, 6.07) is 7.79. The average Bonchev–Trinajstić information content (AvgIpc) is 2.25. The van der Waals surface area contributed by atoms with E-state index in [1.807, 2.05) is 19.1 Å². The Bertz CT molecular complexity index is 633. The normalized spacial score (nSPS) is 13.8. The summed E-state index contributed by atoms with van der Waals surface area (Å²) in [4.78, 5) is 14.7. The number of nitrogens with one attached hydrogen (secondary N) is 1. The molecular weight excluding hydrogens is 224 g/mol. The molecule has 0 fully saturated rings. The van der Waals surface area contributed by atoms with Crippen molar-refractivity contribution in [3.05, 3.63) is 45.7 Å². The van der Waals surface area contributed by atoms with Gasteiger partial charge in [0.1, 0.15) is 0 Å². The molecule has 0 aliphatic carbocycles. The lowest BCUT2D eigenvalue weighted by Crippen LogP contribution is -2.19. The third-order valence-corrected chi connectivity index (χ3v) is 3.23. The topological polar surface area (TPSA) is 58.9 Å². The zero-order valence-electron chi connectivity index (χ0n) is 11.4. The van der Waals surface area contributed by atoms with Crippen LogP contribution in [0.4, 0.5) is 0 Å². The number of nitrogens with two attached hydrogens (primary N) is 1. The van der Waals surface area contributed by atoms with E-state index in [-0.39, 0.29) is 17.0 Å². The highest BCUT2D eigenvalue weighted by molar-refractivity contribution is 5.80. The molecule has 1 heterocycles. The molecule has 0 aliphatic rings. The summed E-state index contributed by atoms with van der Waals surface area (Å²) in [5.41, 5.74) is 8.55. The Morgan fingerprint density at radius 3 is 2.44 bits per heavy atom. The van der Waals surface area contributed by atoms with Crippen molar-refractivity contribution >= 4 is 10.9 Å². The number of benzene rings is 1. The first kappa shape index (κ1) is 12.8. The first-order valence-corrected chi connectivity index (χ1v) is 6.22. The van der Waals surface area contributed by atoms with Crippen LogP contribution in [0.5, 0.6) is 0 Å². The third kappa shape index (κ3) is 2.31. The molecule has 0 aliphatic heterocycles. The molecule has 0 radical (unpaired) electrons. The minimum atomic E-state index is -0.253. The summed E-state index contributed by atoms with van der Waals surface area (Å²) in [6.45, 7) is 8.34. The first-order chi connectivity index (χ1) is 8.29. The Hall–Kier alpha value is -1.61. The number of hydrogen-bond acceptors (Lipinski definition) is 2. The van der Waals surface area contributed by atoms with Crippen LogP contribution in [0.2, 0.25) is 0 Å². The molecule has 1 aromatic heterocycles. The van der Waals surface area contributed by atoms with E-state index in [9.17, 15) is 4.79 Å². The van der Waals surface area contributed by atoms with Crippen molar-refractivity contribution in [2.24, 2.45) is 5.73 Å². The first-order valence-electron chi connectivity index (χ1n) is 6.22. The quantitative estimate of drug-likeness (QED) is 0.810. The Labute approximate surface area is 107 Å². The zero-order chi connectivity index (χ0) is 13.5. The number of hydrogen-bond donors (Lipinski definition) is 2. The van der Waals surface area contributed by atoms with E-state index >= 15 is 0 Å². The standard InChI is InChI=1S/C15H20N2O/c1-9(16)12-8-10-7-11(15(2,3)4)5-6-13(10)17-14(12)18/h5-9H,16H2,1-4H3,(H,17,18). The van der Waals surface area contributed by atoms with Crippen LogP contribution in [-0.2, 0) is 5.41 Å². The van der Waals surface area contributed by atoms with Gasteiger partial charge in [-0.05, 0) is 41.5 Å². The number of rotatable bonds is 1. The second-order valence-electron chi connectivity index (χ2n) is 5.89. The minimum absolute atomic E-state index is 0.0961. The summed E-state index contributed by atoms with van der Waals surface area (Å²) in [5, 5.41) is 1.04. The van der Waals surface area contributed by atoms with Crippen LogP contribution >= 0.6 is 0 Å². The summed E-state index contributed by atoms with van der Waals surface area (Å²) >= 11 is 0. The maximum Gasteiger partial charge on any atom is 0.253 e. The molecule has 2 rings (SSSR count). The average molecular weight is 244 g/mol. The van der Waals surface area contributed by atoms with Crippen molar-refractivity contribution in [3.63, 3.8) is 0 Å². The van der Waals surface area contributed by atoms with Gasteiger partial charge in [0.25, 0.3) is 5.56 Å². The molecule has 3 N–H and O–H groups in total. The molecule has 0 saturated heterocycles. The van der Waals surface area contributed by atoms with Gasteiger partial charge in [-0.15, -0.1) is 0 Å². The molecule has 0 saturated carbocycles. The van der Waals surface area contributed by atoms with Crippen molar-refractivity contribution in [3.8, 4) is 0 Å². The number of aromatic amines is 1. The largest absolute Gasteiger partial charge is 0.324 e. The summed E-state index contributed by atoms with van der Waals surface area (Å²) < 4.78 is 0. The molecule has 1 aromatic carbocycles. The lowest BCUT2D eigenvalue weighted by molar-refractivity contribution is 0.591. The fourth-order valence-corrected chi connectivity index (χ4v) is 2.03. The predicted molar refractivity (Wildman–Crippen MR) is 75.9 cm³/mol. The van der Waals surface area contributed by atoms with E-state index < -0.39 is 0 Å². The van der Waals surface area contributed by atoms with Crippen molar-refractivity contribution in [2.75, 3.05) is 0 Å². The summed E-state index contributed by atoms with van der Waals surface area (Å²) in [6.07, 6.45) is 0. The van der Waals surface area contributed by atoms with Crippen LogP contribution in [0.1, 0.15) is 44.9 Å². The van der Waals surface area contributed by atoms with Gasteiger partial charge in [-0.25, -0.2) is 0 Å². The second-order valence-corrected chi connectivity index (χ2v) is 5.89. The predicted octanol–water partition coefficient (Wildman–Crippen LogP) is 2.85. The van der Waals surface area contributed by atoms with Crippen LogP contribution in [0, 0.1) is 0 Å². The molecule has 0 amide bonds. The van der Waals surface area contributed by atoms with Gasteiger partial charge in [-0.3, -0.25) is 4.79 Å². The highest BCUT2D eigenvalue weighted by Gasteiger charge is 2.14. The molecule has 3 heteroatoms. The van der Waals surface area contributed by atoms with Crippen molar-refractivity contribution in [1.82, 2.24) is 4.98 Å². The number of fused-ring (bicyclic) bond motifs is 1. The van der Waals surface area contributed by atoms with E-state index in [0.717, 1.165) is 10.9 Å². The Morgan fingerprint density at radius 1 is 1.22 bits per heavy atom. The maximum absolute atomic E-state index is 11.8. The molecule has 0 spiro atoms. The summed E-state index contributed by atoms with van der Waals surface area (Å²) in [7, 11) is 0. The van der Waals surface area contributed by atoms with E-state index in [1.54, 1.807) is 0 Å². The van der Waals surface area contributed by atoms with Gasteiger partial charge in [0.05, 0.1) is 0 Å². The smallest absolute Gasteiger partial charge is 0.253 e. The van der Waals surface area contributed by atoms with Crippen LogP contribution in [0.15, 0.2) is 29.1 Å².